The molecular weight excluding hydrogens is 118 g/mol. The van der Waals surface area contributed by atoms with E-state index in [1.54, 1.807) is 11.3 Å². The second-order valence-corrected chi connectivity index (χ2v) is 2.60. The topological polar surface area (TPSA) is 0 Å². The molecule has 0 saturated heterocycles. The van der Waals surface area contributed by atoms with Crippen LogP contribution in [-0.4, -0.2) is 0 Å². The van der Waals surface area contributed by atoms with Crippen molar-refractivity contribution in [2.75, 3.05) is 0 Å². The van der Waals surface area contributed by atoms with E-state index in [2.05, 4.69) is 24.1 Å². The molecule has 0 atom stereocenters. The van der Waals surface area contributed by atoms with Crippen LogP contribution in [0.3, 0.4) is 0 Å². The van der Waals surface area contributed by atoms with Crippen LogP contribution in [0.4, 0.5) is 0 Å². The van der Waals surface area contributed by atoms with Crippen molar-refractivity contribution >= 4 is 11.3 Å². The van der Waals surface area contributed by atoms with E-state index in [1.165, 1.54) is 4.88 Å². The van der Waals surface area contributed by atoms with Gasteiger partial charge in [-0.15, -0.1) is 17.9 Å². The highest BCUT2D eigenvalue weighted by Gasteiger charge is 1.84. The van der Waals surface area contributed by atoms with Gasteiger partial charge in [-0.2, -0.15) is 0 Å². The molecule has 1 aromatic heterocycles. The molecule has 1 aromatic rings. The molecule has 0 aliphatic carbocycles. The van der Waals surface area contributed by atoms with Gasteiger partial charge in [-0.25, -0.2) is 0 Å². The zero-order valence-corrected chi connectivity index (χ0v) is 5.45. The molecule has 0 aliphatic heterocycles. The molecule has 1 rings (SSSR count). The number of hydrogen-bond donors (Lipinski definition) is 0. The summed E-state index contributed by atoms with van der Waals surface area (Å²) in [5.74, 6) is 0. The summed E-state index contributed by atoms with van der Waals surface area (Å²) < 4.78 is 0. The maximum absolute atomic E-state index is 3.64. The lowest BCUT2D eigenvalue weighted by atomic mass is 10.6. The van der Waals surface area contributed by atoms with Gasteiger partial charge in [0.2, 0.25) is 0 Å². The van der Waals surface area contributed by atoms with E-state index >= 15 is 0 Å². The van der Waals surface area contributed by atoms with Gasteiger partial charge in [-0.1, -0.05) is 12.1 Å². The number of thiophene rings is 1. The summed E-state index contributed by atoms with van der Waals surface area (Å²) in [5, 5.41) is 2.08. The van der Waals surface area contributed by atoms with Crippen LogP contribution in [0, 0.1) is 0 Å². The Morgan fingerprint density at radius 1 is 1.75 bits per heavy atom. The van der Waals surface area contributed by atoms with Gasteiger partial charge >= 0.3 is 0 Å². The normalized spacial score (nSPS) is 9.00. The maximum atomic E-state index is 3.64. The van der Waals surface area contributed by atoms with Crippen molar-refractivity contribution in [3.8, 4) is 0 Å². The molecule has 0 radical (unpaired) electrons. The molecular formula is C7H8S. The summed E-state index contributed by atoms with van der Waals surface area (Å²) in [6.45, 7) is 3.64. The van der Waals surface area contributed by atoms with Crippen LogP contribution in [0.5, 0.6) is 0 Å². The quantitative estimate of drug-likeness (QED) is 0.534. The molecule has 1 heteroatoms. The largest absolute Gasteiger partial charge is 0.149 e. The average Bonchev–Trinajstić information content (AvgIpc) is 2.19. The molecule has 0 aromatic carbocycles. The van der Waals surface area contributed by atoms with Gasteiger partial charge in [0.05, 0.1) is 0 Å². The van der Waals surface area contributed by atoms with Crippen molar-refractivity contribution in [1.29, 1.82) is 0 Å². The van der Waals surface area contributed by atoms with E-state index < -0.39 is 0 Å². The third-order valence-electron chi connectivity index (χ3n) is 0.926. The molecule has 0 saturated carbocycles. The molecule has 42 valence electrons. The van der Waals surface area contributed by atoms with E-state index in [1.807, 2.05) is 6.08 Å². The van der Waals surface area contributed by atoms with Crippen molar-refractivity contribution in [2.45, 2.75) is 6.42 Å². The highest BCUT2D eigenvalue weighted by Crippen LogP contribution is 2.08. The Balaban J connectivity index is 2.62. The Kier molecular flexibility index (Phi) is 1.86. The molecule has 0 amide bonds. The third kappa shape index (κ3) is 1.20. The smallest absolute Gasteiger partial charge is 0.00827 e. The molecule has 0 nitrogen and oxygen atoms in total. The first kappa shape index (κ1) is 5.57. The molecule has 0 bridgehead atoms. The molecule has 0 unspecified atom stereocenters. The molecule has 1 heterocycles. The van der Waals surface area contributed by atoms with Crippen LogP contribution < -0.4 is 0 Å². The van der Waals surface area contributed by atoms with Gasteiger partial charge < -0.3 is 0 Å². The maximum Gasteiger partial charge on any atom is 0.00827 e. The molecule has 0 aliphatic rings. The Morgan fingerprint density at radius 3 is 3.12 bits per heavy atom. The van der Waals surface area contributed by atoms with Gasteiger partial charge in [0.25, 0.3) is 0 Å². The first-order chi connectivity index (χ1) is 3.93. The number of rotatable bonds is 2. The van der Waals surface area contributed by atoms with Crippen molar-refractivity contribution < 1.29 is 0 Å². The minimum Gasteiger partial charge on any atom is -0.149 e. The fourth-order valence-corrected chi connectivity index (χ4v) is 1.27. The van der Waals surface area contributed by atoms with E-state index in [0.717, 1.165) is 6.42 Å². The lowest BCUT2D eigenvalue weighted by Crippen LogP contribution is -1.66. The first-order valence-corrected chi connectivity index (χ1v) is 3.44. The second-order valence-electron chi connectivity index (χ2n) is 1.57. The van der Waals surface area contributed by atoms with Crippen LogP contribution in [0.25, 0.3) is 0 Å². The minimum atomic E-state index is 1.01. The fraction of sp³-hybridized carbons (Fsp3) is 0.143. The Labute approximate surface area is 53.5 Å². The first-order valence-electron chi connectivity index (χ1n) is 2.57. The summed E-state index contributed by atoms with van der Waals surface area (Å²) >= 11 is 1.78. The molecule has 0 fully saturated rings. The van der Waals surface area contributed by atoms with Gasteiger partial charge in [0.15, 0.2) is 0 Å². The third-order valence-corrected chi connectivity index (χ3v) is 1.82. The average molecular weight is 126 g/mol. The van der Waals surface area contributed by atoms with Crippen LogP contribution >= 0.6 is 11.3 Å². The van der Waals surface area contributed by atoms with Gasteiger partial charge in [-0.3, -0.25) is 0 Å². The number of hydrogen-bond acceptors (Lipinski definition) is 1. The SMILES string of the molecule is C=CC[14c]1cccs1. The van der Waals surface area contributed by atoms with Crippen LogP contribution in [0.1, 0.15) is 4.88 Å². The summed E-state index contributed by atoms with van der Waals surface area (Å²) in [4.78, 5) is 1.39. The Morgan fingerprint density at radius 2 is 2.62 bits per heavy atom. The van der Waals surface area contributed by atoms with E-state index in [-0.39, 0.29) is 0 Å². The lowest BCUT2D eigenvalue weighted by molar-refractivity contribution is 1.36. The van der Waals surface area contributed by atoms with Gasteiger partial charge in [0.1, 0.15) is 0 Å². The second kappa shape index (κ2) is 2.68. The lowest BCUT2D eigenvalue weighted by Gasteiger charge is -1.81. The van der Waals surface area contributed by atoms with E-state index in [9.17, 15) is 0 Å². The zero-order chi connectivity index (χ0) is 5.82. The predicted octanol–water partition coefficient (Wildman–Crippen LogP) is 2.48. The highest BCUT2D eigenvalue weighted by atomic mass is 32.1. The van der Waals surface area contributed by atoms with E-state index in [4.69, 9.17) is 0 Å². The summed E-state index contributed by atoms with van der Waals surface area (Å²) in [7, 11) is 0. The van der Waals surface area contributed by atoms with E-state index in [0.29, 0.717) is 0 Å². The highest BCUT2D eigenvalue weighted by molar-refractivity contribution is 7.09. The predicted molar refractivity (Wildman–Crippen MR) is 38.2 cm³/mol. The molecule has 0 N–H and O–H groups in total. The fourth-order valence-electron chi connectivity index (χ4n) is 0.571. The van der Waals surface area contributed by atoms with Crippen molar-refractivity contribution in [3.05, 3.63) is 35.0 Å². The van der Waals surface area contributed by atoms with Crippen molar-refractivity contribution in [2.24, 2.45) is 0 Å². The van der Waals surface area contributed by atoms with Crippen LogP contribution in [0.2, 0.25) is 0 Å². The van der Waals surface area contributed by atoms with Crippen molar-refractivity contribution in [1.82, 2.24) is 0 Å². The summed E-state index contributed by atoms with van der Waals surface area (Å²) in [6.07, 6.45) is 2.93. The zero-order valence-electron chi connectivity index (χ0n) is 4.63. The summed E-state index contributed by atoms with van der Waals surface area (Å²) in [6, 6.07) is 4.18. The van der Waals surface area contributed by atoms with Crippen LogP contribution in [-0.2, 0) is 6.42 Å². The van der Waals surface area contributed by atoms with Gasteiger partial charge in [0, 0.05) is 4.88 Å². The van der Waals surface area contributed by atoms with Gasteiger partial charge in [-0.05, 0) is 17.9 Å². The Bertz CT molecular complexity index is 151. The molecule has 0 spiro atoms. The standard InChI is InChI=1S/C7H8S/c1-2-4-7-5-3-6-8-7/h2-3,5-6H,1,4H2/i7+2. The van der Waals surface area contributed by atoms with Crippen molar-refractivity contribution in [3.63, 3.8) is 0 Å². The van der Waals surface area contributed by atoms with Crippen LogP contribution in [0.15, 0.2) is 30.2 Å². The molecule has 8 heavy (non-hydrogen) atoms. The minimum absolute atomic E-state index is 1.01. The number of allylic oxidation sites excluding steroid dienone is 1. The summed E-state index contributed by atoms with van der Waals surface area (Å²) in [5.41, 5.74) is 0. The Hall–Kier alpha value is -0.560. The monoisotopic (exact) mass is 126 g/mol.